The summed E-state index contributed by atoms with van der Waals surface area (Å²) in [5.74, 6) is -2.20. The summed E-state index contributed by atoms with van der Waals surface area (Å²) < 4.78 is 36.3. The molecule has 0 aliphatic carbocycles. The topological polar surface area (TPSA) is 88.1 Å². The molecular formula is C22H21FO7. The molecule has 0 aromatic heterocycles. The van der Waals surface area contributed by atoms with E-state index in [1.54, 1.807) is 48.5 Å². The van der Waals surface area contributed by atoms with Gasteiger partial charge >= 0.3 is 17.9 Å². The van der Waals surface area contributed by atoms with Crippen LogP contribution in [-0.4, -0.2) is 48.7 Å². The maximum atomic E-state index is 15.3. The molecule has 30 heavy (non-hydrogen) atoms. The lowest BCUT2D eigenvalue weighted by Gasteiger charge is -2.30. The Kier molecular flexibility index (Phi) is 6.47. The van der Waals surface area contributed by atoms with E-state index >= 15 is 4.39 Å². The number of carbonyl (C=O) groups is 3. The zero-order chi connectivity index (χ0) is 21.7. The van der Waals surface area contributed by atoms with Crippen LogP contribution in [0.4, 0.5) is 4.39 Å². The largest absolute Gasteiger partial charge is 0.459 e. The third-order valence-corrected chi connectivity index (χ3v) is 4.62. The van der Waals surface area contributed by atoms with Crippen molar-refractivity contribution in [1.29, 1.82) is 0 Å². The van der Waals surface area contributed by atoms with Crippen molar-refractivity contribution in [2.45, 2.75) is 38.0 Å². The average Bonchev–Trinajstić information content (AvgIpc) is 2.97. The zero-order valence-electron chi connectivity index (χ0n) is 16.4. The highest BCUT2D eigenvalue weighted by Crippen LogP contribution is 2.38. The third-order valence-electron chi connectivity index (χ3n) is 4.62. The Morgan fingerprint density at radius 1 is 0.967 bits per heavy atom. The molecule has 0 saturated carbocycles. The molecule has 2 aromatic carbocycles. The summed E-state index contributed by atoms with van der Waals surface area (Å²) in [4.78, 5) is 36.0. The SMILES string of the molecule is CC(=O)OC1O[C@H](COC(=O)c2ccccc2)C(F)[C@@]1(C)OC(=O)c1ccccc1. The van der Waals surface area contributed by atoms with Crippen LogP contribution in [0.5, 0.6) is 0 Å². The second-order valence-corrected chi connectivity index (χ2v) is 6.92. The minimum absolute atomic E-state index is 0.200. The second-order valence-electron chi connectivity index (χ2n) is 6.92. The minimum Gasteiger partial charge on any atom is -0.459 e. The fourth-order valence-electron chi connectivity index (χ4n) is 3.03. The number of carbonyl (C=O) groups excluding carboxylic acids is 3. The summed E-state index contributed by atoms with van der Waals surface area (Å²) in [5, 5.41) is 0. The van der Waals surface area contributed by atoms with E-state index in [-0.39, 0.29) is 5.56 Å². The van der Waals surface area contributed by atoms with Crippen LogP contribution in [-0.2, 0) is 23.7 Å². The lowest BCUT2D eigenvalue weighted by atomic mass is 9.98. The van der Waals surface area contributed by atoms with Gasteiger partial charge in [-0.15, -0.1) is 0 Å². The normalized spacial score (nSPS) is 25.4. The summed E-state index contributed by atoms with van der Waals surface area (Å²) >= 11 is 0. The number of hydrogen-bond donors (Lipinski definition) is 0. The third kappa shape index (κ3) is 4.65. The van der Waals surface area contributed by atoms with Crippen molar-refractivity contribution in [3.63, 3.8) is 0 Å². The van der Waals surface area contributed by atoms with E-state index in [1.165, 1.54) is 19.1 Å². The fraction of sp³-hybridized carbons (Fsp3) is 0.318. The molecule has 4 atom stereocenters. The number of rotatable bonds is 6. The molecule has 0 amide bonds. The molecular weight excluding hydrogens is 395 g/mol. The van der Waals surface area contributed by atoms with Crippen molar-refractivity contribution in [2.24, 2.45) is 0 Å². The molecule has 0 spiro atoms. The lowest BCUT2D eigenvalue weighted by Crippen LogP contribution is -2.49. The van der Waals surface area contributed by atoms with Gasteiger partial charge in [-0.2, -0.15) is 0 Å². The van der Waals surface area contributed by atoms with E-state index in [2.05, 4.69) is 0 Å². The Bertz CT molecular complexity index is 902. The summed E-state index contributed by atoms with van der Waals surface area (Å²) in [6.07, 6.45) is -4.72. The number of benzene rings is 2. The van der Waals surface area contributed by atoms with Crippen molar-refractivity contribution in [1.82, 2.24) is 0 Å². The van der Waals surface area contributed by atoms with Gasteiger partial charge in [0.25, 0.3) is 0 Å². The van der Waals surface area contributed by atoms with Gasteiger partial charge in [-0.05, 0) is 31.2 Å². The fourth-order valence-corrected chi connectivity index (χ4v) is 3.03. The highest BCUT2D eigenvalue weighted by atomic mass is 19.1. The van der Waals surface area contributed by atoms with E-state index in [4.69, 9.17) is 18.9 Å². The van der Waals surface area contributed by atoms with Gasteiger partial charge in [-0.25, -0.2) is 14.0 Å². The van der Waals surface area contributed by atoms with Crippen LogP contribution in [0.3, 0.4) is 0 Å². The standard InChI is InChI=1S/C22H21FO7/c1-14(24)28-21-22(2,30-20(26)16-11-7-4-8-12-16)18(23)17(29-21)13-27-19(25)15-9-5-3-6-10-15/h3-12,17-18,21H,13H2,1-2H3/t17-,18?,21?,22-/m1/s1. The first-order valence-electron chi connectivity index (χ1n) is 9.28. The molecule has 0 N–H and O–H groups in total. The van der Waals surface area contributed by atoms with Crippen LogP contribution in [0.25, 0.3) is 0 Å². The molecule has 0 radical (unpaired) electrons. The van der Waals surface area contributed by atoms with Crippen molar-refractivity contribution in [3.8, 4) is 0 Å². The molecule has 1 aliphatic heterocycles. The van der Waals surface area contributed by atoms with Crippen molar-refractivity contribution in [2.75, 3.05) is 6.61 Å². The highest BCUT2D eigenvalue weighted by Gasteiger charge is 2.60. The van der Waals surface area contributed by atoms with Crippen molar-refractivity contribution < 1.29 is 37.7 Å². The van der Waals surface area contributed by atoms with Gasteiger partial charge in [0.05, 0.1) is 11.1 Å². The summed E-state index contributed by atoms with van der Waals surface area (Å²) in [6.45, 7) is 1.94. The molecule has 1 aliphatic rings. The number of ether oxygens (including phenoxy) is 4. The zero-order valence-corrected chi connectivity index (χ0v) is 16.4. The molecule has 3 rings (SSSR count). The van der Waals surface area contributed by atoms with Gasteiger partial charge in [0.2, 0.25) is 11.9 Å². The molecule has 2 unspecified atom stereocenters. The monoisotopic (exact) mass is 416 g/mol. The maximum absolute atomic E-state index is 15.3. The van der Waals surface area contributed by atoms with E-state index in [0.29, 0.717) is 5.56 Å². The molecule has 0 bridgehead atoms. The summed E-state index contributed by atoms with van der Waals surface area (Å²) in [6, 6.07) is 16.2. The number of halogens is 1. The van der Waals surface area contributed by atoms with Gasteiger partial charge in [-0.1, -0.05) is 36.4 Å². The van der Waals surface area contributed by atoms with Crippen LogP contribution in [0.2, 0.25) is 0 Å². The van der Waals surface area contributed by atoms with E-state index in [0.717, 1.165) is 6.92 Å². The summed E-state index contributed by atoms with van der Waals surface area (Å²) in [7, 11) is 0. The second kappa shape index (κ2) is 9.04. The Labute approximate surface area is 172 Å². The number of hydrogen-bond acceptors (Lipinski definition) is 7. The van der Waals surface area contributed by atoms with Crippen LogP contribution < -0.4 is 0 Å². The smallest absolute Gasteiger partial charge is 0.339 e. The van der Waals surface area contributed by atoms with Crippen LogP contribution in [0, 0.1) is 0 Å². The summed E-state index contributed by atoms with van der Waals surface area (Å²) in [5.41, 5.74) is -1.44. The van der Waals surface area contributed by atoms with Gasteiger partial charge in [-0.3, -0.25) is 4.79 Å². The highest BCUT2D eigenvalue weighted by molar-refractivity contribution is 5.90. The van der Waals surface area contributed by atoms with Crippen LogP contribution in [0.1, 0.15) is 34.6 Å². The molecule has 8 heteroatoms. The first-order chi connectivity index (χ1) is 14.3. The quantitative estimate of drug-likeness (QED) is 0.528. The van der Waals surface area contributed by atoms with Gasteiger partial charge < -0.3 is 18.9 Å². The average molecular weight is 416 g/mol. The molecule has 2 aromatic rings. The predicted octanol–water partition coefficient (Wildman–Crippen LogP) is 3.09. The maximum Gasteiger partial charge on any atom is 0.339 e. The molecule has 1 saturated heterocycles. The van der Waals surface area contributed by atoms with E-state index < -0.39 is 48.7 Å². The van der Waals surface area contributed by atoms with Crippen molar-refractivity contribution >= 4 is 17.9 Å². The first kappa shape index (κ1) is 21.4. The van der Waals surface area contributed by atoms with Crippen molar-refractivity contribution in [3.05, 3.63) is 71.8 Å². The van der Waals surface area contributed by atoms with E-state index in [9.17, 15) is 14.4 Å². The Morgan fingerprint density at radius 3 is 2.03 bits per heavy atom. The molecule has 1 heterocycles. The predicted molar refractivity (Wildman–Crippen MR) is 102 cm³/mol. The Hall–Kier alpha value is -3.26. The van der Waals surface area contributed by atoms with Gasteiger partial charge in [0, 0.05) is 6.92 Å². The lowest BCUT2D eigenvalue weighted by molar-refractivity contribution is -0.205. The van der Waals surface area contributed by atoms with Crippen LogP contribution in [0.15, 0.2) is 60.7 Å². The molecule has 7 nitrogen and oxygen atoms in total. The van der Waals surface area contributed by atoms with Crippen LogP contribution >= 0.6 is 0 Å². The Morgan fingerprint density at radius 2 is 1.50 bits per heavy atom. The number of alkyl halides is 1. The van der Waals surface area contributed by atoms with Gasteiger partial charge in [0.15, 0.2) is 6.17 Å². The first-order valence-corrected chi connectivity index (χ1v) is 9.28. The van der Waals surface area contributed by atoms with E-state index in [1.807, 2.05) is 0 Å². The molecule has 158 valence electrons. The minimum atomic E-state index is -1.93. The number of esters is 3. The molecule has 1 fully saturated rings. The van der Waals surface area contributed by atoms with Gasteiger partial charge in [0.1, 0.15) is 12.7 Å². The Balaban J connectivity index is 1.73.